The van der Waals surface area contributed by atoms with Gasteiger partial charge in [-0.1, -0.05) is 29.0 Å². The van der Waals surface area contributed by atoms with E-state index >= 15 is 0 Å². The van der Waals surface area contributed by atoms with Crippen LogP contribution in [0.15, 0.2) is 30.3 Å². The molecule has 0 aliphatic heterocycles. The van der Waals surface area contributed by atoms with Gasteiger partial charge < -0.3 is 4.74 Å². The van der Waals surface area contributed by atoms with Crippen molar-refractivity contribution in [3.05, 3.63) is 52.0 Å². The number of aromatic nitrogens is 1. The Kier molecular flexibility index (Phi) is 4.24. The zero-order chi connectivity index (χ0) is 16.6. The Bertz CT molecular complexity index is 905. The number of halogens is 1. The maximum Gasteiger partial charge on any atom is 0.257 e. The number of ether oxygens (including phenoxy) is 1. The van der Waals surface area contributed by atoms with Crippen molar-refractivity contribution in [2.75, 3.05) is 12.4 Å². The molecule has 6 heteroatoms. The molecule has 2 aromatic carbocycles. The average Bonchev–Trinajstić information content (AvgIpc) is 2.95. The molecule has 0 saturated carbocycles. The minimum atomic E-state index is -0.192. The first-order valence-corrected chi connectivity index (χ1v) is 8.20. The topological polar surface area (TPSA) is 51.2 Å². The third-order valence-corrected chi connectivity index (χ3v) is 5.10. The van der Waals surface area contributed by atoms with E-state index in [9.17, 15) is 4.79 Å². The Labute approximate surface area is 143 Å². The van der Waals surface area contributed by atoms with Gasteiger partial charge in [0.25, 0.3) is 5.91 Å². The lowest BCUT2D eigenvalue weighted by Gasteiger charge is -2.04. The highest BCUT2D eigenvalue weighted by Gasteiger charge is 2.15. The lowest BCUT2D eigenvalue weighted by molar-refractivity contribution is 0.102. The van der Waals surface area contributed by atoms with Crippen molar-refractivity contribution >= 4 is 44.2 Å². The van der Waals surface area contributed by atoms with Crippen LogP contribution in [0.5, 0.6) is 5.75 Å². The summed E-state index contributed by atoms with van der Waals surface area (Å²) in [5, 5.41) is 3.91. The lowest BCUT2D eigenvalue weighted by Crippen LogP contribution is -2.11. The number of thiazole rings is 1. The van der Waals surface area contributed by atoms with Crippen molar-refractivity contribution in [1.82, 2.24) is 4.98 Å². The smallest absolute Gasteiger partial charge is 0.257 e. The van der Waals surface area contributed by atoms with Crippen LogP contribution in [-0.4, -0.2) is 18.0 Å². The number of aryl methyl sites for hydroxylation is 2. The fourth-order valence-electron chi connectivity index (χ4n) is 2.22. The minimum absolute atomic E-state index is 0.192. The molecule has 0 unspecified atom stereocenters. The molecule has 0 aliphatic carbocycles. The van der Waals surface area contributed by atoms with Crippen molar-refractivity contribution in [2.24, 2.45) is 0 Å². The number of rotatable bonds is 3. The number of methoxy groups -OCH3 is 1. The zero-order valence-corrected chi connectivity index (χ0v) is 14.5. The second-order valence-corrected chi connectivity index (χ2v) is 6.61. The molecule has 3 rings (SSSR count). The van der Waals surface area contributed by atoms with Gasteiger partial charge in [0.2, 0.25) is 0 Å². The maximum atomic E-state index is 12.4. The number of nitrogens with one attached hydrogen (secondary N) is 1. The first-order valence-electron chi connectivity index (χ1n) is 7.01. The van der Waals surface area contributed by atoms with E-state index in [0.29, 0.717) is 27.0 Å². The molecule has 0 aliphatic rings. The van der Waals surface area contributed by atoms with Crippen molar-refractivity contribution < 1.29 is 9.53 Å². The van der Waals surface area contributed by atoms with Crippen molar-refractivity contribution in [3.8, 4) is 5.75 Å². The predicted molar refractivity (Wildman–Crippen MR) is 95.1 cm³/mol. The molecule has 1 aromatic heterocycles. The van der Waals surface area contributed by atoms with Crippen LogP contribution in [0.25, 0.3) is 10.2 Å². The number of hydrogen-bond acceptors (Lipinski definition) is 4. The predicted octanol–water partition coefficient (Wildman–Crippen LogP) is 4.83. The van der Waals surface area contributed by atoms with Crippen LogP contribution in [0, 0.1) is 13.8 Å². The van der Waals surface area contributed by atoms with Crippen molar-refractivity contribution in [3.63, 3.8) is 0 Å². The van der Waals surface area contributed by atoms with E-state index in [1.807, 2.05) is 26.0 Å². The number of hydrogen-bond donors (Lipinski definition) is 1. The van der Waals surface area contributed by atoms with Gasteiger partial charge in [0.1, 0.15) is 11.3 Å². The summed E-state index contributed by atoms with van der Waals surface area (Å²) >= 11 is 7.52. The van der Waals surface area contributed by atoms with Crippen LogP contribution in [0.4, 0.5) is 5.13 Å². The number of amides is 1. The highest BCUT2D eigenvalue weighted by atomic mass is 35.5. The van der Waals surface area contributed by atoms with E-state index in [2.05, 4.69) is 10.3 Å². The Morgan fingerprint density at radius 1 is 1.22 bits per heavy atom. The SMILES string of the molecule is COc1ccc(Cl)c2sc(NC(=O)c3ccc(C)c(C)c3)nc12. The summed E-state index contributed by atoms with van der Waals surface area (Å²) < 4.78 is 6.08. The third kappa shape index (κ3) is 3.02. The fourth-order valence-corrected chi connectivity index (χ4v) is 3.37. The van der Waals surface area contributed by atoms with Gasteiger partial charge in [-0.25, -0.2) is 4.98 Å². The van der Waals surface area contributed by atoms with Crippen LogP contribution in [-0.2, 0) is 0 Å². The number of nitrogens with zero attached hydrogens (tertiary/aromatic N) is 1. The van der Waals surface area contributed by atoms with Gasteiger partial charge in [0.05, 0.1) is 16.8 Å². The standard InChI is InChI=1S/C17H15ClN2O2S/c1-9-4-5-11(8-10(9)2)16(21)20-17-19-14-13(22-3)7-6-12(18)15(14)23-17/h4-8H,1-3H3,(H,19,20,21). The van der Waals surface area contributed by atoms with E-state index in [4.69, 9.17) is 16.3 Å². The molecule has 1 N–H and O–H groups in total. The quantitative estimate of drug-likeness (QED) is 0.739. The number of benzene rings is 2. The van der Waals surface area contributed by atoms with Gasteiger partial charge in [0, 0.05) is 5.56 Å². The summed E-state index contributed by atoms with van der Waals surface area (Å²) in [6.07, 6.45) is 0. The van der Waals surface area contributed by atoms with Gasteiger partial charge in [0.15, 0.2) is 5.13 Å². The molecule has 0 saturated heterocycles. The fraction of sp³-hybridized carbons (Fsp3) is 0.176. The van der Waals surface area contributed by atoms with E-state index < -0.39 is 0 Å². The van der Waals surface area contributed by atoms with Gasteiger partial charge in [-0.2, -0.15) is 0 Å². The van der Waals surface area contributed by atoms with Crippen LogP contribution in [0.1, 0.15) is 21.5 Å². The summed E-state index contributed by atoms with van der Waals surface area (Å²) in [6.45, 7) is 3.99. The summed E-state index contributed by atoms with van der Waals surface area (Å²) in [5.74, 6) is 0.439. The van der Waals surface area contributed by atoms with Gasteiger partial charge in [-0.3, -0.25) is 10.1 Å². The van der Waals surface area contributed by atoms with Crippen LogP contribution in [0.3, 0.4) is 0 Å². The summed E-state index contributed by atoms with van der Waals surface area (Å²) in [7, 11) is 1.58. The number of carbonyl (C=O) groups is 1. The normalized spacial score (nSPS) is 10.8. The molecular weight excluding hydrogens is 332 g/mol. The van der Waals surface area contributed by atoms with Crippen molar-refractivity contribution in [1.29, 1.82) is 0 Å². The lowest BCUT2D eigenvalue weighted by atomic mass is 10.1. The molecule has 0 fully saturated rings. The van der Waals surface area contributed by atoms with Crippen molar-refractivity contribution in [2.45, 2.75) is 13.8 Å². The first-order chi connectivity index (χ1) is 11.0. The molecule has 4 nitrogen and oxygen atoms in total. The molecule has 0 bridgehead atoms. The van der Waals surface area contributed by atoms with E-state index in [0.717, 1.165) is 15.8 Å². The molecule has 118 valence electrons. The monoisotopic (exact) mass is 346 g/mol. The largest absolute Gasteiger partial charge is 0.494 e. The zero-order valence-electron chi connectivity index (χ0n) is 12.9. The Hall–Kier alpha value is -2.11. The Balaban J connectivity index is 1.93. The highest BCUT2D eigenvalue weighted by Crippen LogP contribution is 2.37. The highest BCUT2D eigenvalue weighted by molar-refractivity contribution is 7.23. The average molecular weight is 347 g/mol. The van der Waals surface area contributed by atoms with E-state index in [1.54, 1.807) is 25.3 Å². The molecule has 1 amide bonds. The second kappa shape index (κ2) is 6.18. The molecule has 3 aromatic rings. The molecule has 0 spiro atoms. The van der Waals surface area contributed by atoms with Gasteiger partial charge in [-0.15, -0.1) is 0 Å². The van der Waals surface area contributed by atoms with Crippen LogP contribution in [0.2, 0.25) is 5.02 Å². The van der Waals surface area contributed by atoms with E-state index in [-0.39, 0.29) is 5.91 Å². The molecule has 1 heterocycles. The number of anilines is 1. The molecule has 0 radical (unpaired) electrons. The molecule has 0 atom stereocenters. The summed E-state index contributed by atoms with van der Waals surface area (Å²) in [5.41, 5.74) is 3.48. The Morgan fingerprint density at radius 2 is 2.00 bits per heavy atom. The maximum absolute atomic E-state index is 12.4. The molecule has 23 heavy (non-hydrogen) atoms. The first kappa shape index (κ1) is 15.8. The summed E-state index contributed by atoms with van der Waals surface area (Å²) in [4.78, 5) is 16.8. The van der Waals surface area contributed by atoms with Crippen LogP contribution >= 0.6 is 22.9 Å². The number of carbonyl (C=O) groups excluding carboxylic acids is 1. The van der Waals surface area contributed by atoms with E-state index in [1.165, 1.54) is 11.3 Å². The summed E-state index contributed by atoms with van der Waals surface area (Å²) in [6, 6.07) is 9.13. The third-order valence-electron chi connectivity index (χ3n) is 3.67. The van der Waals surface area contributed by atoms with Crippen LogP contribution < -0.4 is 10.1 Å². The van der Waals surface area contributed by atoms with Gasteiger partial charge >= 0.3 is 0 Å². The minimum Gasteiger partial charge on any atom is -0.494 e. The number of fused-ring (bicyclic) bond motifs is 1. The molecular formula is C17H15ClN2O2S. The van der Waals surface area contributed by atoms with Gasteiger partial charge in [-0.05, 0) is 49.2 Å². The second-order valence-electron chi connectivity index (χ2n) is 5.20. The Morgan fingerprint density at radius 3 is 2.70 bits per heavy atom.